The minimum absolute atomic E-state index is 0.157. The molecule has 0 saturated heterocycles. The number of carbonyl (C=O) groups is 2. The molecule has 3 rings (SSSR count). The summed E-state index contributed by atoms with van der Waals surface area (Å²) in [6.45, 7) is 1.79. The minimum Gasteiger partial charge on any atom is -0.358 e. The molecule has 0 unspecified atom stereocenters. The lowest BCUT2D eigenvalue weighted by molar-refractivity contribution is -0.120. The highest BCUT2D eigenvalue weighted by Gasteiger charge is 2.08. The fraction of sp³-hybridized carbons (Fsp3) is 0.105. The molecule has 0 spiro atoms. The Labute approximate surface area is 158 Å². The largest absolute Gasteiger partial charge is 0.358 e. The van der Waals surface area contributed by atoms with Gasteiger partial charge in [-0.15, -0.1) is 0 Å². The lowest BCUT2D eigenvalue weighted by atomic mass is 10.1. The Balaban J connectivity index is 1.56. The summed E-state index contributed by atoms with van der Waals surface area (Å²) in [5, 5.41) is 7.58. The number of halogens is 1. The number of hydrazone groups is 1. The molecule has 0 aliphatic carbocycles. The van der Waals surface area contributed by atoms with Crippen LogP contribution in [0.25, 0.3) is 10.9 Å². The molecule has 132 valence electrons. The van der Waals surface area contributed by atoms with Gasteiger partial charge in [0.15, 0.2) is 0 Å². The zero-order chi connectivity index (χ0) is 18.5. The summed E-state index contributed by atoms with van der Waals surface area (Å²) < 4.78 is 0.799. The number of para-hydroxylation sites is 1. The van der Waals surface area contributed by atoms with Crippen LogP contribution in [0.2, 0.25) is 0 Å². The van der Waals surface area contributed by atoms with Crippen molar-refractivity contribution >= 4 is 44.9 Å². The number of amides is 2. The van der Waals surface area contributed by atoms with Gasteiger partial charge in [-0.05, 0) is 31.2 Å². The quantitative estimate of drug-likeness (QED) is 0.444. The third-order valence-corrected chi connectivity index (χ3v) is 4.32. The van der Waals surface area contributed by atoms with E-state index in [0.29, 0.717) is 5.56 Å². The number of H-pyrrole nitrogens is 1. The molecule has 3 N–H and O–H groups in total. The number of fused-ring (bicyclic) bond motifs is 1. The fourth-order valence-electron chi connectivity index (χ4n) is 2.57. The Kier molecular flexibility index (Phi) is 5.48. The van der Waals surface area contributed by atoms with Gasteiger partial charge in [0.25, 0.3) is 11.8 Å². The number of hydrogen-bond donors (Lipinski definition) is 3. The van der Waals surface area contributed by atoms with Crippen LogP contribution < -0.4 is 10.7 Å². The van der Waals surface area contributed by atoms with E-state index in [-0.39, 0.29) is 12.5 Å². The molecule has 2 amide bonds. The summed E-state index contributed by atoms with van der Waals surface area (Å²) in [4.78, 5) is 27.1. The van der Waals surface area contributed by atoms with E-state index >= 15 is 0 Å². The van der Waals surface area contributed by atoms with Crippen LogP contribution in [0.5, 0.6) is 0 Å². The first-order valence-electron chi connectivity index (χ1n) is 7.97. The molecular weight excluding hydrogens is 396 g/mol. The van der Waals surface area contributed by atoms with E-state index in [1.54, 1.807) is 24.4 Å². The van der Waals surface area contributed by atoms with Crippen molar-refractivity contribution in [2.24, 2.45) is 5.10 Å². The minimum atomic E-state index is -0.401. The number of benzene rings is 2. The molecule has 0 aliphatic heterocycles. The fourth-order valence-corrected chi connectivity index (χ4v) is 2.96. The third-order valence-electron chi connectivity index (χ3n) is 3.82. The molecule has 0 atom stereocenters. The number of aromatic amines is 1. The van der Waals surface area contributed by atoms with Crippen molar-refractivity contribution in [1.29, 1.82) is 0 Å². The van der Waals surface area contributed by atoms with E-state index in [2.05, 4.69) is 36.8 Å². The molecule has 3 aromatic rings. The maximum atomic E-state index is 12.0. The molecule has 0 saturated carbocycles. The van der Waals surface area contributed by atoms with Crippen molar-refractivity contribution in [3.63, 3.8) is 0 Å². The Hall–Kier alpha value is -2.93. The van der Waals surface area contributed by atoms with Gasteiger partial charge in [-0.1, -0.05) is 40.2 Å². The first kappa shape index (κ1) is 17.9. The lowest BCUT2D eigenvalue weighted by Gasteiger charge is -2.04. The van der Waals surface area contributed by atoms with Crippen molar-refractivity contribution in [1.82, 2.24) is 15.7 Å². The van der Waals surface area contributed by atoms with Crippen LogP contribution in [0.15, 0.2) is 58.1 Å². The van der Waals surface area contributed by atoms with E-state index in [9.17, 15) is 9.59 Å². The molecule has 0 fully saturated rings. The van der Waals surface area contributed by atoms with Gasteiger partial charge in [-0.2, -0.15) is 5.10 Å². The summed E-state index contributed by atoms with van der Waals surface area (Å²) in [5.41, 5.74) is 5.79. The normalized spacial score (nSPS) is 11.0. The van der Waals surface area contributed by atoms with Crippen molar-refractivity contribution in [2.75, 3.05) is 6.54 Å². The van der Waals surface area contributed by atoms with Crippen LogP contribution in [-0.2, 0) is 4.79 Å². The highest BCUT2D eigenvalue weighted by atomic mass is 79.9. The second-order valence-electron chi connectivity index (χ2n) is 5.70. The average Bonchev–Trinajstić information content (AvgIpc) is 2.95. The van der Waals surface area contributed by atoms with Crippen LogP contribution in [0.4, 0.5) is 0 Å². The highest BCUT2D eigenvalue weighted by Crippen LogP contribution is 2.19. The van der Waals surface area contributed by atoms with E-state index in [0.717, 1.165) is 26.6 Å². The number of carbonyl (C=O) groups excluding carboxylic acids is 2. The van der Waals surface area contributed by atoms with Crippen molar-refractivity contribution in [3.8, 4) is 0 Å². The second-order valence-corrected chi connectivity index (χ2v) is 6.61. The zero-order valence-electron chi connectivity index (χ0n) is 14.0. The van der Waals surface area contributed by atoms with Gasteiger partial charge >= 0.3 is 0 Å². The Morgan fingerprint density at radius 1 is 1.19 bits per heavy atom. The van der Waals surface area contributed by atoms with Gasteiger partial charge in [0, 0.05) is 32.2 Å². The van der Waals surface area contributed by atoms with E-state index < -0.39 is 5.91 Å². The molecule has 1 aromatic heterocycles. The number of aromatic nitrogens is 1. The second kappa shape index (κ2) is 7.97. The number of nitrogens with zero attached hydrogens (tertiary/aromatic N) is 1. The first-order valence-corrected chi connectivity index (χ1v) is 8.77. The Bertz CT molecular complexity index is 994. The lowest BCUT2D eigenvalue weighted by Crippen LogP contribution is -2.34. The van der Waals surface area contributed by atoms with Crippen molar-refractivity contribution < 1.29 is 9.59 Å². The predicted molar refractivity (Wildman–Crippen MR) is 105 cm³/mol. The molecule has 6 nitrogen and oxygen atoms in total. The molecule has 1 heterocycles. The molecule has 0 bridgehead atoms. The van der Waals surface area contributed by atoms with Crippen molar-refractivity contribution in [3.05, 3.63) is 69.8 Å². The molecule has 0 radical (unpaired) electrons. The third kappa shape index (κ3) is 4.18. The van der Waals surface area contributed by atoms with Gasteiger partial charge in [0.1, 0.15) is 0 Å². The summed E-state index contributed by atoms with van der Waals surface area (Å²) in [6, 6.07) is 14.8. The summed E-state index contributed by atoms with van der Waals surface area (Å²) >= 11 is 3.31. The standard InChI is InChI=1S/C19H17BrN4O2/c1-12-16(15-7-2-3-8-17(15)23-12)10-22-24-18(25)11-21-19(26)13-5-4-6-14(20)9-13/h2-10,23H,11H2,1H3,(H,21,26)(H,24,25)/b22-10-. The Morgan fingerprint density at radius 3 is 2.81 bits per heavy atom. The molecule has 7 heteroatoms. The van der Waals surface area contributed by atoms with E-state index in [4.69, 9.17) is 0 Å². The number of hydrogen-bond acceptors (Lipinski definition) is 3. The van der Waals surface area contributed by atoms with Gasteiger partial charge in [0.2, 0.25) is 0 Å². The van der Waals surface area contributed by atoms with Crippen LogP contribution in [0, 0.1) is 6.92 Å². The van der Waals surface area contributed by atoms with Gasteiger partial charge in [0.05, 0.1) is 12.8 Å². The smallest absolute Gasteiger partial charge is 0.259 e. The maximum absolute atomic E-state index is 12.0. The van der Waals surface area contributed by atoms with Crippen LogP contribution in [0.3, 0.4) is 0 Å². The number of nitrogens with one attached hydrogen (secondary N) is 3. The number of rotatable bonds is 5. The van der Waals surface area contributed by atoms with E-state index in [1.165, 1.54) is 0 Å². The zero-order valence-corrected chi connectivity index (χ0v) is 15.6. The summed E-state index contributed by atoms with van der Waals surface area (Å²) in [7, 11) is 0. The monoisotopic (exact) mass is 412 g/mol. The maximum Gasteiger partial charge on any atom is 0.259 e. The van der Waals surface area contributed by atoms with Gasteiger partial charge < -0.3 is 10.3 Å². The molecule has 0 aliphatic rings. The summed E-state index contributed by atoms with van der Waals surface area (Å²) in [5.74, 6) is -0.722. The van der Waals surface area contributed by atoms with Gasteiger partial charge in [-0.3, -0.25) is 9.59 Å². The SMILES string of the molecule is Cc1[nH]c2ccccc2c1/C=N\NC(=O)CNC(=O)c1cccc(Br)c1. The molecule has 2 aromatic carbocycles. The summed E-state index contributed by atoms with van der Waals surface area (Å²) in [6.07, 6.45) is 1.60. The Morgan fingerprint density at radius 2 is 2.00 bits per heavy atom. The first-order chi connectivity index (χ1) is 12.5. The van der Waals surface area contributed by atoms with Crippen molar-refractivity contribution in [2.45, 2.75) is 6.92 Å². The number of aryl methyl sites for hydroxylation is 1. The van der Waals surface area contributed by atoms with Crippen LogP contribution in [-0.4, -0.2) is 29.6 Å². The topological polar surface area (TPSA) is 86.3 Å². The van der Waals surface area contributed by atoms with Crippen LogP contribution >= 0.6 is 15.9 Å². The van der Waals surface area contributed by atoms with E-state index in [1.807, 2.05) is 37.3 Å². The van der Waals surface area contributed by atoms with Gasteiger partial charge in [-0.25, -0.2) is 5.43 Å². The van der Waals surface area contributed by atoms with Crippen LogP contribution in [0.1, 0.15) is 21.6 Å². The molecule has 26 heavy (non-hydrogen) atoms. The average molecular weight is 413 g/mol. The predicted octanol–water partition coefficient (Wildman–Crippen LogP) is 3.12. The molecular formula is C19H17BrN4O2. The highest BCUT2D eigenvalue weighted by molar-refractivity contribution is 9.10.